The Bertz CT molecular complexity index is 204. The average molecular weight is 166 g/mol. The van der Waals surface area contributed by atoms with Crippen LogP contribution in [0, 0.1) is 5.41 Å². The number of aliphatic imine (C=N–C) groups is 1. The topological polar surface area (TPSA) is 38.4 Å². The molecule has 0 aromatic carbocycles. The molecule has 0 aromatic rings. The first-order chi connectivity index (χ1) is 5.48. The Morgan fingerprint density at radius 2 is 1.92 bits per heavy atom. The molecule has 68 valence electrons. The molecule has 2 heteroatoms. The third kappa shape index (κ3) is 4.72. The van der Waals surface area contributed by atoms with Crippen LogP contribution in [0.15, 0.2) is 29.0 Å². The lowest BCUT2D eigenvalue weighted by molar-refractivity contribution is 0.498. The zero-order chi connectivity index (χ0) is 9.61. The van der Waals surface area contributed by atoms with Gasteiger partial charge in [-0.1, -0.05) is 26.8 Å². The number of allylic oxidation sites excluding steroid dienone is 3. The third-order valence-electron chi connectivity index (χ3n) is 1.44. The highest BCUT2D eigenvalue weighted by atomic mass is 14.7. The summed E-state index contributed by atoms with van der Waals surface area (Å²) in [7, 11) is 0. The summed E-state index contributed by atoms with van der Waals surface area (Å²) in [4.78, 5) is 3.98. The van der Waals surface area contributed by atoms with Crippen LogP contribution in [-0.4, -0.2) is 6.21 Å². The minimum absolute atomic E-state index is 0.0297. The van der Waals surface area contributed by atoms with E-state index in [0.29, 0.717) is 0 Å². The molecule has 0 radical (unpaired) electrons. The second kappa shape index (κ2) is 4.75. The summed E-state index contributed by atoms with van der Waals surface area (Å²) < 4.78 is 0. The molecule has 12 heavy (non-hydrogen) atoms. The van der Waals surface area contributed by atoms with Crippen molar-refractivity contribution in [3.63, 3.8) is 0 Å². The average Bonchev–Trinajstić information content (AvgIpc) is 1.96. The van der Waals surface area contributed by atoms with Crippen molar-refractivity contribution in [2.24, 2.45) is 16.1 Å². The monoisotopic (exact) mass is 166 g/mol. The molecule has 0 bridgehead atoms. The van der Waals surface area contributed by atoms with E-state index in [1.54, 1.807) is 12.4 Å². The van der Waals surface area contributed by atoms with E-state index in [1.165, 1.54) is 0 Å². The lowest BCUT2D eigenvalue weighted by Crippen LogP contribution is -2.16. The highest BCUT2D eigenvalue weighted by Crippen LogP contribution is 2.19. The molecule has 0 rings (SSSR count). The van der Waals surface area contributed by atoms with Gasteiger partial charge in [0.1, 0.15) is 0 Å². The number of nitrogens with zero attached hydrogens (tertiary/aromatic N) is 1. The van der Waals surface area contributed by atoms with Crippen LogP contribution in [0.5, 0.6) is 0 Å². The molecule has 0 aliphatic rings. The molecule has 2 N–H and O–H groups in total. The van der Waals surface area contributed by atoms with Gasteiger partial charge in [-0.2, -0.15) is 0 Å². The van der Waals surface area contributed by atoms with Gasteiger partial charge in [-0.05, 0) is 13.0 Å². The van der Waals surface area contributed by atoms with Crippen LogP contribution in [0.4, 0.5) is 0 Å². The van der Waals surface area contributed by atoms with E-state index >= 15 is 0 Å². The first-order valence-electron chi connectivity index (χ1n) is 4.09. The van der Waals surface area contributed by atoms with Crippen LogP contribution in [0.2, 0.25) is 0 Å². The highest BCUT2D eigenvalue weighted by Gasteiger charge is 2.11. The maximum absolute atomic E-state index is 5.78. The Morgan fingerprint density at radius 3 is 2.33 bits per heavy atom. The molecule has 0 atom stereocenters. The normalized spacial score (nSPS) is 14.8. The van der Waals surface area contributed by atoms with Gasteiger partial charge in [0.05, 0.1) is 0 Å². The molecular formula is C10H18N2. The van der Waals surface area contributed by atoms with Gasteiger partial charge in [0.25, 0.3) is 0 Å². The predicted octanol–water partition coefficient (Wildman–Crippen LogP) is 2.48. The molecule has 0 aromatic heterocycles. The van der Waals surface area contributed by atoms with Crippen molar-refractivity contribution in [2.45, 2.75) is 27.7 Å². The molecule has 0 heterocycles. The fourth-order valence-electron chi connectivity index (χ4n) is 0.509. The van der Waals surface area contributed by atoms with Crippen molar-refractivity contribution in [3.05, 3.63) is 24.0 Å². The molecule has 0 saturated heterocycles. The molecule has 0 fully saturated rings. The van der Waals surface area contributed by atoms with E-state index in [4.69, 9.17) is 5.73 Å². The Balaban J connectivity index is 4.19. The van der Waals surface area contributed by atoms with Crippen LogP contribution >= 0.6 is 0 Å². The largest absolute Gasteiger partial charge is 0.402 e. The molecule has 0 aliphatic heterocycles. The molecular weight excluding hydrogens is 148 g/mol. The minimum atomic E-state index is 0.0297. The summed E-state index contributed by atoms with van der Waals surface area (Å²) in [5.41, 5.74) is 6.65. The summed E-state index contributed by atoms with van der Waals surface area (Å²) >= 11 is 0. The molecule has 0 amide bonds. The van der Waals surface area contributed by atoms with Crippen molar-refractivity contribution in [3.8, 4) is 0 Å². The van der Waals surface area contributed by atoms with Gasteiger partial charge in [-0.3, -0.25) is 4.99 Å². The Morgan fingerprint density at radius 1 is 1.33 bits per heavy atom. The molecule has 0 spiro atoms. The lowest BCUT2D eigenvalue weighted by Gasteiger charge is -2.17. The van der Waals surface area contributed by atoms with Gasteiger partial charge in [-0.25, -0.2) is 0 Å². The van der Waals surface area contributed by atoms with Crippen molar-refractivity contribution in [1.29, 1.82) is 0 Å². The van der Waals surface area contributed by atoms with Crippen molar-refractivity contribution >= 4 is 6.21 Å². The van der Waals surface area contributed by atoms with Gasteiger partial charge >= 0.3 is 0 Å². The molecule has 0 unspecified atom stereocenters. The second-order valence-electron chi connectivity index (χ2n) is 3.65. The van der Waals surface area contributed by atoms with Crippen LogP contribution < -0.4 is 5.73 Å². The predicted molar refractivity (Wildman–Crippen MR) is 55.0 cm³/mol. The summed E-state index contributed by atoms with van der Waals surface area (Å²) in [5.74, 6) is 0. The van der Waals surface area contributed by atoms with E-state index in [1.807, 2.05) is 19.1 Å². The zero-order valence-corrected chi connectivity index (χ0v) is 8.33. The molecule has 0 saturated carbocycles. The fraction of sp³-hybridized carbons (Fsp3) is 0.500. The van der Waals surface area contributed by atoms with Gasteiger partial charge in [0.15, 0.2) is 0 Å². The molecule has 2 nitrogen and oxygen atoms in total. The Hall–Kier alpha value is -1.05. The number of hydrogen-bond donors (Lipinski definition) is 1. The summed E-state index contributed by atoms with van der Waals surface area (Å²) in [5, 5.41) is 0. The number of rotatable bonds is 2. The van der Waals surface area contributed by atoms with E-state index in [-0.39, 0.29) is 5.41 Å². The van der Waals surface area contributed by atoms with E-state index in [9.17, 15) is 0 Å². The molecule has 0 aliphatic carbocycles. The van der Waals surface area contributed by atoms with E-state index in [0.717, 1.165) is 5.70 Å². The van der Waals surface area contributed by atoms with Gasteiger partial charge in [-0.15, -0.1) is 0 Å². The first-order valence-corrected chi connectivity index (χ1v) is 4.09. The number of hydrogen-bond acceptors (Lipinski definition) is 2. The van der Waals surface area contributed by atoms with Gasteiger partial charge in [0.2, 0.25) is 0 Å². The zero-order valence-electron chi connectivity index (χ0n) is 8.33. The first kappa shape index (κ1) is 11.0. The van der Waals surface area contributed by atoms with Gasteiger partial charge in [0, 0.05) is 23.5 Å². The van der Waals surface area contributed by atoms with E-state index in [2.05, 4.69) is 25.8 Å². The fourth-order valence-corrected chi connectivity index (χ4v) is 0.509. The standard InChI is InChI=1S/C10H18N2/c1-5-7-12-8-6-9(11)10(2,3)4/h5-8H,11H2,1-4H3/b7-5-,9-6-,12-8-. The quantitative estimate of drug-likeness (QED) is 0.629. The summed E-state index contributed by atoms with van der Waals surface area (Å²) in [6.45, 7) is 8.14. The summed E-state index contributed by atoms with van der Waals surface area (Å²) in [6, 6.07) is 0. The van der Waals surface area contributed by atoms with Crippen LogP contribution in [0.1, 0.15) is 27.7 Å². The minimum Gasteiger partial charge on any atom is -0.402 e. The van der Waals surface area contributed by atoms with E-state index < -0.39 is 0 Å². The highest BCUT2D eigenvalue weighted by molar-refractivity contribution is 5.72. The van der Waals surface area contributed by atoms with Crippen LogP contribution in [-0.2, 0) is 0 Å². The maximum atomic E-state index is 5.78. The Kier molecular flexibility index (Phi) is 4.34. The van der Waals surface area contributed by atoms with Crippen LogP contribution in [0.3, 0.4) is 0 Å². The smallest absolute Gasteiger partial charge is 0.0284 e. The van der Waals surface area contributed by atoms with Crippen molar-refractivity contribution in [2.75, 3.05) is 0 Å². The van der Waals surface area contributed by atoms with Gasteiger partial charge < -0.3 is 5.73 Å². The third-order valence-corrected chi connectivity index (χ3v) is 1.44. The second-order valence-corrected chi connectivity index (χ2v) is 3.65. The lowest BCUT2D eigenvalue weighted by atomic mass is 9.92. The summed E-state index contributed by atoms with van der Waals surface area (Å²) in [6.07, 6.45) is 7.14. The van der Waals surface area contributed by atoms with Crippen molar-refractivity contribution in [1.82, 2.24) is 0 Å². The van der Waals surface area contributed by atoms with Crippen LogP contribution in [0.25, 0.3) is 0 Å². The maximum Gasteiger partial charge on any atom is 0.0284 e. The number of nitrogens with two attached hydrogens (primary N) is 1. The Labute approximate surface area is 74.9 Å². The SMILES string of the molecule is C\C=C/N=C\C=C(/N)C(C)(C)C. The van der Waals surface area contributed by atoms with Crippen molar-refractivity contribution < 1.29 is 0 Å².